The third kappa shape index (κ3) is 2.97. The molecule has 4 heteroatoms. The van der Waals surface area contributed by atoms with Crippen LogP contribution in [0, 0.1) is 5.92 Å². The number of carbonyl (C=O) groups excluding carboxylic acids is 1. The Morgan fingerprint density at radius 1 is 1.12 bits per heavy atom. The Labute approximate surface area is 143 Å². The number of benzene rings is 1. The molecule has 1 aromatic carbocycles. The smallest absolute Gasteiger partial charge is 0.233 e. The van der Waals surface area contributed by atoms with Crippen molar-refractivity contribution in [2.24, 2.45) is 5.92 Å². The summed E-state index contributed by atoms with van der Waals surface area (Å²) in [6.45, 7) is 0.963. The van der Waals surface area contributed by atoms with Gasteiger partial charge in [-0.25, -0.2) is 4.98 Å². The van der Waals surface area contributed by atoms with Crippen molar-refractivity contribution < 1.29 is 4.79 Å². The molecule has 2 aliphatic rings. The van der Waals surface area contributed by atoms with Crippen molar-refractivity contribution in [3.63, 3.8) is 0 Å². The van der Waals surface area contributed by atoms with Crippen LogP contribution in [0.3, 0.4) is 0 Å². The van der Waals surface area contributed by atoms with E-state index in [0.717, 1.165) is 49.4 Å². The number of aryl methyl sites for hydroxylation is 1. The Bertz CT molecular complexity index is 701. The van der Waals surface area contributed by atoms with Crippen LogP contribution in [0.1, 0.15) is 55.8 Å². The van der Waals surface area contributed by atoms with Gasteiger partial charge in [0.1, 0.15) is 11.6 Å². The summed E-state index contributed by atoms with van der Waals surface area (Å²) in [4.78, 5) is 17.6. The van der Waals surface area contributed by atoms with Crippen LogP contribution in [0.15, 0.2) is 36.5 Å². The van der Waals surface area contributed by atoms with E-state index in [9.17, 15) is 4.79 Å². The van der Waals surface area contributed by atoms with Gasteiger partial charge in [0, 0.05) is 13.0 Å². The third-order valence-electron chi connectivity index (χ3n) is 5.53. The average molecular weight is 323 g/mol. The van der Waals surface area contributed by atoms with Crippen molar-refractivity contribution in [2.75, 3.05) is 5.32 Å². The van der Waals surface area contributed by atoms with Gasteiger partial charge < -0.3 is 9.88 Å². The number of imidazole rings is 1. The van der Waals surface area contributed by atoms with Crippen molar-refractivity contribution in [1.82, 2.24) is 9.55 Å². The molecule has 0 spiro atoms. The lowest BCUT2D eigenvalue weighted by molar-refractivity contribution is -0.118. The van der Waals surface area contributed by atoms with Crippen LogP contribution in [0.4, 0.5) is 5.82 Å². The van der Waals surface area contributed by atoms with E-state index < -0.39 is 0 Å². The average Bonchev–Trinajstić information content (AvgIpc) is 3.27. The number of nitrogens with one attached hydrogen (secondary N) is 1. The molecule has 0 unspecified atom stereocenters. The molecule has 24 heavy (non-hydrogen) atoms. The molecule has 0 bridgehead atoms. The highest BCUT2D eigenvalue weighted by atomic mass is 16.2. The maximum atomic E-state index is 13.1. The number of carbonyl (C=O) groups is 1. The number of amides is 1. The summed E-state index contributed by atoms with van der Waals surface area (Å²) in [6.07, 6.45) is 9.98. The molecule has 1 saturated carbocycles. The molecule has 1 aromatic heterocycles. The van der Waals surface area contributed by atoms with Gasteiger partial charge in [-0.1, -0.05) is 43.2 Å². The maximum absolute atomic E-state index is 13.1. The number of anilines is 1. The molecule has 1 aliphatic heterocycles. The normalized spacial score (nSPS) is 19.0. The lowest BCUT2D eigenvalue weighted by Crippen LogP contribution is -2.28. The van der Waals surface area contributed by atoms with E-state index in [1.165, 1.54) is 19.3 Å². The van der Waals surface area contributed by atoms with Gasteiger partial charge in [-0.05, 0) is 37.2 Å². The first-order valence-electron chi connectivity index (χ1n) is 9.23. The highest BCUT2D eigenvalue weighted by Gasteiger charge is 2.32. The van der Waals surface area contributed by atoms with E-state index in [1.54, 1.807) is 0 Å². The monoisotopic (exact) mass is 323 g/mol. The Kier molecular flexibility index (Phi) is 4.37. The van der Waals surface area contributed by atoms with Gasteiger partial charge in [0.2, 0.25) is 5.91 Å². The third-order valence-corrected chi connectivity index (χ3v) is 5.53. The quantitative estimate of drug-likeness (QED) is 0.919. The molecule has 1 aliphatic carbocycles. The van der Waals surface area contributed by atoms with E-state index in [4.69, 9.17) is 0 Å². The van der Waals surface area contributed by atoms with Crippen molar-refractivity contribution in [1.29, 1.82) is 0 Å². The molecule has 0 saturated heterocycles. The van der Waals surface area contributed by atoms with E-state index in [0.29, 0.717) is 5.92 Å². The van der Waals surface area contributed by atoms with Crippen LogP contribution in [-0.4, -0.2) is 15.5 Å². The summed E-state index contributed by atoms with van der Waals surface area (Å²) >= 11 is 0. The highest BCUT2D eigenvalue weighted by Crippen LogP contribution is 2.38. The zero-order valence-corrected chi connectivity index (χ0v) is 14.1. The van der Waals surface area contributed by atoms with Crippen molar-refractivity contribution in [3.8, 4) is 0 Å². The number of hydrogen-bond acceptors (Lipinski definition) is 2. The van der Waals surface area contributed by atoms with Gasteiger partial charge in [0.05, 0.1) is 12.1 Å². The molecule has 1 atom stereocenters. The maximum Gasteiger partial charge on any atom is 0.233 e. The number of rotatable bonds is 4. The number of nitrogens with zero attached hydrogens (tertiary/aromatic N) is 2. The summed E-state index contributed by atoms with van der Waals surface area (Å²) < 4.78 is 2.18. The molecule has 2 aromatic rings. The topological polar surface area (TPSA) is 46.9 Å². The number of fused-ring (bicyclic) bond motifs is 1. The van der Waals surface area contributed by atoms with Crippen molar-refractivity contribution in [3.05, 3.63) is 47.9 Å². The predicted octanol–water partition coefficient (Wildman–Crippen LogP) is 4.13. The minimum absolute atomic E-state index is 0.0524. The van der Waals surface area contributed by atoms with Gasteiger partial charge in [0.25, 0.3) is 0 Å². The first-order chi connectivity index (χ1) is 11.8. The van der Waals surface area contributed by atoms with E-state index in [2.05, 4.69) is 27.0 Å². The summed E-state index contributed by atoms with van der Waals surface area (Å²) in [5.74, 6) is 2.50. The first-order valence-corrected chi connectivity index (χ1v) is 9.23. The molecular weight excluding hydrogens is 298 g/mol. The van der Waals surface area contributed by atoms with Crippen LogP contribution in [-0.2, 0) is 17.8 Å². The molecule has 126 valence electrons. The Hall–Kier alpha value is -2.10. The van der Waals surface area contributed by atoms with Crippen LogP contribution < -0.4 is 5.32 Å². The summed E-state index contributed by atoms with van der Waals surface area (Å²) in [6, 6.07) is 10.3. The summed E-state index contributed by atoms with van der Waals surface area (Å²) in [5, 5.41) is 3.19. The van der Waals surface area contributed by atoms with E-state index >= 15 is 0 Å². The molecule has 4 rings (SSSR count). The second-order valence-corrected chi connectivity index (χ2v) is 7.09. The second kappa shape index (κ2) is 6.80. The molecule has 4 nitrogen and oxygen atoms in total. The van der Waals surface area contributed by atoms with Crippen molar-refractivity contribution >= 4 is 11.7 Å². The van der Waals surface area contributed by atoms with Crippen molar-refractivity contribution in [2.45, 2.75) is 57.4 Å². The van der Waals surface area contributed by atoms with Crippen LogP contribution in [0.5, 0.6) is 0 Å². The number of aromatic nitrogens is 2. The lowest BCUT2D eigenvalue weighted by Gasteiger charge is -2.24. The van der Waals surface area contributed by atoms with Crippen LogP contribution in [0.25, 0.3) is 0 Å². The Balaban J connectivity index is 1.58. The van der Waals surface area contributed by atoms with E-state index in [-0.39, 0.29) is 11.8 Å². The highest BCUT2D eigenvalue weighted by molar-refractivity contribution is 5.95. The standard InChI is InChI=1S/C20H25N3O/c24-20(22-18-14-21-17-12-6-7-13-23(17)18)19(16-10-4-5-11-16)15-8-2-1-3-9-15/h1-3,8-9,14,16,19H,4-7,10-13H2,(H,22,24)/t19-/m0/s1. The van der Waals surface area contributed by atoms with E-state index in [1.807, 2.05) is 24.4 Å². The number of hydrogen-bond donors (Lipinski definition) is 1. The fraction of sp³-hybridized carbons (Fsp3) is 0.500. The van der Waals surface area contributed by atoms with Gasteiger partial charge in [0.15, 0.2) is 0 Å². The predicted molar refractivity (Wildman–Crippen MR) is 94.9 cm³/mol. The summed E-state index contributed by atoms with van der Waals surface area (Å²) in [5.41, 5.74) is 1.14. The molecular formula is C20H25N3O. The lowest BCUT2D eigenvalue weighted by atomic mass is 9.84. The van der Waals surface area contributed by atoms with Gasteiger partial charge in [-0.15, -0.1) is 0 Å². The zero-order valence-electron chi connectivity index (χ0n) is 14.1. The molecule has 1 amide bonds. The first kappa shape index (κ1) is 15.4. The fourth-order valence-corrected chi connectivity index (χ4v) is 4.31. The zero-order chi connectivity index (χ0) is 16.4. The summed E-state index contributed by atoms with van der Waals surface area (Å²) in [7, 11) is 0. The SMILES string of the molecule is O=C(Nc1cnc2n1CCCC2)[C@@H](c1ccccc1)C1CCCC1. The van der Waals surface area contributed by atoms with Gasteiger partial charge in [-0.3, -0.25) is 4.79 Å². The minimum Gasteiger partial charge on any atom is -0.315 e. The Morgan fingerprint density at radius 3 is 2.71 bits per heavy atom. The molecule has 1 fully saturated rings. The van der Waals surface area contributed by atoms with Crippen LogP contribution in [0.2, 0.25) is 0 Å². The molecule has 1 N–H and O–H groups in total. The van der Waals surface area contributed by atoms with Crippen LogP contribution >= 0.6 is 0 Å². The Morgan fingerprint density at radius 2 is 1.92 bits per heavy atom. The van der Waals surface area contributed by atoms with Gasteiger partial charge >= 0.3 is 0 Å². The largest absolute Gasteiger partial charge is 0.315 e. The fourth-order valence-electron chi connectivity index (χ4n) is 4.31. The molecule has 0 radical (unpaired) electrons. The second-order valence-electron chi connectivity index (χ2n) is 7.09. The molecule has 2 heterocycles. The van der Waals surface area contributed by atoms with Gasteiger partial charge in [-0.2, -0.15) is 0 Å². The minimum atomic E-state index is -0.0524.